The molecule has 0 aliphatic carbocycles. The molecule has 4 nitrogen and oxygen atoms in total. The van der Waals surface area contributed by atoms with Gasteiger partial charge in [0.15, 0.2) is 11.6 Å². The smallest absolute Gasteiger partial charge is 0.175 e. The van der Waals surface area contributed by atoms with E-state index in [9.17, 15) is 5.11 Å². The van der Waals surface area contributed by atoms with E-state index in [1.165, 1.54) is 0 Å². The zero-order valence-corrected chi connectivity index (χ0v) is 15.1. The number of halogens is 1. The summed E-state index contributed by atoms with van der Waals surface area (Å²) in [6.45, 7) is 0. The fourth-order valence-corrected chi connectivity index (χ4v) is 2.96. The molecule has 0 bridgehead atoms. The first kappa shape index (κ1) is 17.1. The maximum atomic E-state index is 10.3. The maximum Gasteiger partial charge on any atom is 0.175 e. The van der Waals surface area contributed by atoms with E-state index in [1.807, 2.05) is 78.9 Å². The topological polar surface area (TPSA) is 50.9 Å². The molecule has 1 N–H and O–H groups in total. The zero-order chi connectivity index (χ0) is 18.6. The van der Waals surface area contributed by atoms with Crippen LogP contribution in [-0.4, -0.2) is 19.9 Å². The van der Waals surface area contributed by atoms with Crippen LogP contribution in [0.3, 0.4) is 0 Å². The summed E-state index contributed by atoms with van der Waals surface area (Å²) in [6.07, 6.45) is 3.69. The Morgan fingerprint density at radius 3 is 2.30 bits per heavy atom. The molecule has 0 saturated heterocycles. The minimum absolute atomic E-state index is 0.156. The molecule has 1 heterocycles. The predicted molar refractivity (Wildman–Crippen MR) is 109 cm³/mol. The third-order valence-corrected chi connectivity index (χ3v) is 4.43. The first-order valence-corrected chi connectivity index (χ1v) is 8.83. The Labute approximate surface area is 162 Å². The van der Waals surface area contributed by atoms with Gasteiger partial charge in [0.1, 0.15) is 5.75 Å². The lowest BCUT2D eigenvalue weighted by Crippen LogP contribution is -1.99. The van der Waals surface area contributed by atoms with Crippen LogP contribution in [0.4, 0.5) is 0 Å². The number of hydrogen-bond acceptors (Lipinski definition) is 3. The zero-order valence-electron chi connectivity index (χ0n) is 14.3. The Balaban J connectivity index is 1.81. The second kappa shape index (κ2) is 7.48. The number of phenolic OH excluding ortho intramolecular Hbond substituents is 1. The predicted octanol–water partition coefficient (Wildman–Crippen LogP) is 5.46. The van der Waals surface area contributed by atoms with Crippen LogP contribution < -0.4 is 0 Å². The first-order valence-electron chi connectivity index (χ1n) is 8.46. The molecule has 132 valence electrons. The molecular weight excluding hydrogens is 358 g/mol. The van der Waals surface area contributed by atoms with E-state index >= 15 is 0 Å². The quantitative estimate of drug-likeness (QED) is 0.516. The maximum absolute atomic E-state index is 10.3. The van der Waals surface area contributed by atoms with Gasteiger partial charge in [-0.05, 0) is 48.0 Å². The van der Waals surface area contributed by atoms with Gasteiger partial charge in [-0.25, -0.2) is 9.67 Å². The van der Waals surface area contributed by atoms with Crippen molar-refractivity contribution in [3.63, 3.8) is 0 Å². The third kappa shape index (κ3) is 3.61. The lowest BCUT2D eigenvalue weighted by atomic mass is 10.2. The fourth-order valence-electron chi connectivity index (χ4n) is 2.76. The summed E-state index contributed by atoms with van der Waals surface area (Å²) in [4.78, 5) is 4.62. The Bertz CT molecular complexity index is 1100. The van der Waals surface area contributed by atoms with Crippen LogP contribution in [0.15, 0.2) is 78.9 Å². The van der Waals surface area contributed by atoms with Crippen molar-refractivity contribution in [2.45, 2.75) is 0 Å². The van der Waals surface area contributed by atoms with Gasteiger partial charge in [0.25, 0.3) is 0 Å². The molecule has 0 atom stereocenters. The monoisotopic (exact) mass is 373 g/mol. The van der Waals surface area contributed by atoms with E-state index in [2.05, 4.69) is 10.1 Å². The molecule has 0 fully saturated rings. The highest BCUT2D eigenvalue weighted by molar-refractivity contribution is 6.32. The van der Waals surface area contributed by atoms with Gasteiger partial charge in [-0.15, -0.1) is 5.10 Å². The van der Waals surface area contributed by atoms with E-state index in [4.69, 9.17) is 11.6 Å². The third-order valence-electron chi connectivity index (χ3n) is 4.09. The van der Waals surface area contributed by atoms with Crippen molar-refractivity contribution in [2.75, 3.05) is 0 Å². The van der Waals surface area contributed by atoms with E-state index in [0.717, 1.165) is 11.3 Å². The van der Waals surface area contributed by atoms with Crippen molar-refractivity contribution < 1.29 is 5.11 Å². The number of hydrogen-bond donors (Lipinski definition) is 1. The van der Waals surface area contributed by atoms with Crippen molar-refractivity contribution >= 4 is 23.8 Å². The van der Waals surface area contributed by atoms with Gasteiger partial charge in [-0.1, -0.05) is 60.1 Å². The second-order valence-corrected chi connectivity index (χ2v) is 6.32. The number of aromatic nitrogens is 3. The van der Waals surface area contributed by atoms with Gasteiger partial charge in [0.05, 0.1) is 11.3 Å². The molecule has 0 saturated carbocycles. The summed E-state index contributed by atoms with van der Waals surface area (Å²) in [7, 11) is 0. The second-order valence-electron chi connectivity index (χ2n) is 5.91. The molecule has 0 aliphatic heterocycles. The van der Waals surface area contributed by atoms with Gasteiger partial charge in [0, 0.05) is 5.02 Å². The Kier molecular flexibility index (Phi) is 4.73. The summed E-state index contributed by atoms with van der Waals surface area (Å²) in [5.41, 5.74) is 2.37. The molecule has 4 rings (SSSR count). The lowest BCUT2D eigenvalue weighted by molar-refractivity contribution is 0.476. The van der Waals surface area contributed by atoms with Gasteiger partial charge in [-0.2, -0.15) is 0 Å². The van der Waals surface area contributed by atoms with Crippen molar-refractivity contribution in [3.05, 3.63) is 95.3 Å². The largest absolute Gasteiger partial charge is 0.507 e. The molecule has 0 unspecified atom stereocenters. The van der Waals surface area contributed by atoms with Crippen LogP contribution in [0.1, 0.15) is 11.4 Å². The number of aromatic hydroxyl groups is 1. The minimum atomic E-state index is 0.156. The average molecular weight is 374 g/mol. The molecule has 0 radical (unpaired) electrons. The molecule has 0 spiro atoms. The highest BCUT2D eigenvalue weighted by Crippen LogP contribution is 2.29. The Morgan fingerprint density at radius 2 is 1.52 bits per heavy atom. The highest BCUT2D eigenvalue weighted by atomic mass is 35.5. The average Bonchev–Trinajstić information content (AvgIpc) is 3.12. The molecule has 1 aromatic heterocycles. The SMILES string of the molecule is Oc1ccccc1-c1nc(C=Cc2ccccc2Cl)nn1-c1ccccc1. The number of phenols is 1. The van der Waals surface area contributed by atoms with E-state index in [1.54, 1.807) is 16.8 Å². The van der Waals surface area contributed by atoms with E-state index in [0.29, 0.717) is 22.2 Å². The number of nitrogens with zero attached hydrogens (tertiary/aromatic N) is 3. The summed E-state index contributed by atoms with van der Waals surface area (Å²) in [5.74, 6) is 1.25. The highest BCUT2D eigenvalue weighted by Gasteiger charge is 2.15. The van der Waals surface area contributed by atoms with Crippen LogP contribution in [-0.2, 0) is 0 Å². The molecular formula is C22H16ClN3O. The number of benzene rings is 3. The lowest BCUT2D eigenvalue weighted by Gasteiger charge is -2.06. The van der Waals surface area contributed by atoms with Gasteiger partial charge in [0.2, 0.25) is 0 Å². The fraction of sp³-hybridized carbons (Fsp3) is 0. The van der Waals surface area contributed by atoms with Crippen molar-refractivity contribution in [2.24, 2.45) is 0 Å². The van der Waals surface area contributed by atoms with Crippen molar-refractivity contribution in [1.82, 2.24) is 14.8 Å². The summed E-state index contributed by atoms with van der Waals surface area (Å²) in [5, 5.41) is 15.5. The first-order chi connectivity index (χ1) is 13.2. The molecule has 4 aromatic rings. The number of rotatable bonds is 4. The van der Waals surface area contributed by atoms with Crippen LogP contribution >= 0.6 is 11.6 Å². The minimum Gasteiger partial charge on any atom is -0.507 e. The molecule has 27 heavy (non-hydrogen) atoms. The van der Waals surface area contributed by atoms with Gasteiger partial charge in [-0.3, -0.25) is 0 Å². The number of para-hydroxylation sites is 2. The van der Waals surface area contributed by atoms with Gasteiger partial charge < -0.3 is 5.11 Å². The van der Waals surface area contributed by atoms with Crippen molar-refractivity contribution in [3.8, 4) is 22.8 Å². The van der Waals surface area contributed by atoms with Crippen molar-refractivity contribution in [1.29, 1.82) is 0 Å². The summed E-state index contributed by atoms with van der Waals surface area (Å²) in [6, 6.07) is 24.4. The standard InChI is InChI=1S/C22H16ClN3O/c23-19-12-6-4-8-16(19)14-15-21-24-22(18-11-5-7-13-20(18)27)26(25-21)17-9-2-1-3-10-17/h1-15,27H. The van der Waals surface area contributed by atoms with Gasteiger partial charge >= 0.3 is 0 Å². The van der Waals surface area contributed by atoms with Crippen LogP contribution in [0, 0.1) is 0 Å². The van der Waals surface area contributed by atoms with Crippen LogP contribution in [0.25, 0.3) is 29.2 Å². The van der Waals surface area contributed by atoms with E-state index < -0.39 is 0 Å². The van der Waals surface area contributed by atoms with Crippen LogP contribution in [0.2, 0.25) is 5.02 Å². The Hall–Kier alpha value is -3.37. The Morgan fingerprint density at radius 1 is 0.815 bits per heavy atom. The molecule has 5 heteroatoms. The summed E-state index contributed by atoms with van der Waals surface area (Å²) >= 11 is 6.21. The molecule has 0 amide bonds. The van der Waals surface area contributed by atoms with E-state index in [-0.39, 0.29) is 5.75 Å². The normalized spacial score (nSPS) is 11.1. The molecule has 0 aliphatic rings. The summed E-state index contributed by atoms with van der Waals surface area (Å²) < 4.78 is 1.72. The molecule has 3 aromatic carbocycles. The van der Waals surface area contributed by atoms with Crippen LogP contribution in [0.5, 0.6) is 5.75 Å².